The van der Waals surface area contributed by atoms with Crippen LogP contribution in [-0.4, -0.2) is 31.1 Å². The monoisotopic (exact) mass is 246 g/mol. The van der Waals surface area contributed by atoms with Gasteiger partial charge in [-0.25, -0.2) is 0 Å². The Hall–Kier alpha value is -0.900. The van der Waals surface area contributed by atoms with Crippen LogP contribution in [0.3, 0.4) is 0 Å². The second-order valence-electron chi connectivity index (χ2n) is 5.00. The number of hydrogen-bond donors (Lipinski definition) is 2. The smallest absolute Gasteiger partial charge is 0.0205 e. The lowest BCUT2D eigenvalue weighted by atomic mass is 10.1. The van der Waals surface area contributed by atoms with Gasteiger partial charge in [0.15, 0.2) is 0 Å². The van der Waals surface area contributed by atoms with Crippen molar-refractivity contribution in [3.63, 3.8) is 0 Å². The van der Waals surface area contributed by atoms with Gasteiger partial charge in [-0.2, -0.15) is 0 Å². The summed E-state index contributed by atoms with van der Waals surface area (Å²) in [6.07, 6.45) is 2.33. The lowest BCUT2D eigenvalue weighted by Gasteiger charge is -2.17. The third kappa shape index (κ3) is 4.77. The van der Waals surface area contributed by atoms with Crippen molar-refractivity contribution in [2.45, 2.75) is 25.9 Å². The van der Waals surface area contributed by atoms with Gasteiger partial charge in [0, 0.05) is 20.1 Å². The van der Waals surface area contributed by atoms with E-state index in [1.807, 2.05) is 0 Å². The van der Waals surface area contributed by atoms with Crippen LogP contribution in [0.2, 0.25) is 0 Å². The molecule has 2 bridgehead atoms. The van der Waals surface area contributed by atoms with Crippen LogP contribution in [0.5, 0.6) is 0 Å². The van der Waals surface area contributed by atoms with Crippen molar-refractivity contribution in [1.29, 1.82) is 0 Å². The van der Waals surface area contributed by atoms with E-state index in [1.165, 1.54) is 11.1 Å². The highest BCUT2D eigenvalue weighted by molar-refractivity contribution is 5.23. The molecule has 2 rings (SSSR count). The van der Waals surface area contributed by atoms with Crippen molar-refractivity contribution < 1.29 is 0 Å². The van der Waals surface area contributed by atoms with Crippen molar-refractivity contribution in [3.05, 3.63) is 42.4 Å². The molecule has 0 atom stereocenters. The Bertz CT molecular complexity index is 322. The Morgan fingerprint density at radius 1 is 0.944 bits per heavy atom. The number of nitrogens with zero attached hydrogens (tertiary/aromatic N) is 1. The molecule has 3 nitrogen and oxygen atoms in total. The molecule has 1 radical (unpaired) electrons. The molecule has 0 saturated carbocycles. The minimum atomic E-state index is 0.963. The van der Waals surface area contributed by atoms with Gasteiger partial charge in [-0.15, -0.1) is 0 Å². The summed E-state index contributed by atoms with van der Waals surface area (Å²) in [6, 6.07) is 8.82. The predicted octanol–water partition coefficient (Wildman–Crippen LogP) is 1.75. The van der Waals surface area contributed by atoms with E-state index >= 15 is 0 Å². The lowest BCUT2D eigenvalue weighted by Crippen LogP contribution is -2.26. The third-order valence-corrected chi connectivity index (χ3v) is 3.31. The number of fused-ring (bicyclic) bond motifs is 2. The summed E-state index contributed by atoms with van der Waals surface area (Å²) in [5, 5.41) is 6.99. The number of benzene rings is 1. The molecule has 3 heteroatoms. The molecule has 1 aromatic carbocycles. The van der Waals surface area contributed by atoms with E-state index in [0.717, 1.165) is 52.1 Å². The van der Waals surface area contributed by atoms with Crippen molar-refractivity contribution in [1.82, 2.24) is 15.5 Å². The van der Waals surface area contributed by atoms with Crippen LogP contribution in [0.4, 0.5) is 0 Å². The number of hydrogen-bond acceptors (Lipinski definition) is 3. The first-order valence-corrected chi connectivity index (χ1v) is 6.89. The van der Waals surface area contributed by atoms with Gasteiger partial charge >= 0.3 is 0 Å². The molecule has 2 N–H and O–H groups in total. The molecule has 99 valence electrons. The molecule has 0 amide bonds. The first-order valence-electron chi connectivity index (χ1n) is 6.89. The van der Waals surface area contributed by atoms with Gasteiger partial charge < -0.3 is 15.5 Å². The van der Waals surface area contributed by atoms with Crippen molar-refractivity contribution in [2.75, 3.05) is 26.2 Å². The fourth-order valence-electron chi connectivity index (χ4n) is 2.28. The van der Waals surface area contributed by atoms with Crippen molar-refractivity contribution >= 4 is 0 Å². The quantitative estimate of drug-likeness (QED) is 0.730. The normalized spacial score (nSPS) is 20.3. The zero-order valence-corrected chi connectivity index (χ0v) is 11.1. The highest BCUT2D eigenvalue weighted by atomic mass is 15.1. The Balaban J connectivity index is 1.92. The van der Waals surface area contributed by atoms with Crippen LogP contribution >= 0.6 is 0 Å². The second-order valence-corrected chi connectivity index (χ2v) is 5.00. The van der Waals surface area contributed by atoms with Crippen molar-refractivity contribution in [2.24, 2.45) is 0 Å². The molecule has 1 aliphatic heterocycles. The summed E-state index contributed by atoms with van der Waals surface area (Å²) in [4.78, 5) is 2.17. The van der Waals surface area contributed by atoms with E-state index < -0.39 is 0 Å². The third-order valence-electron chi connectivity index (χ3n) is 3.31. The van der Waals surface area contributed by atoms with E-state index in [4.69, 9.17) is 0 Å². The fraction of sp³-hybridized carbons (Fsp3) is 0.533. The first kappa shape index (κ1) is 13.5. The van der Waals surface area contributed by atoms with E-state index in [1.54, 1.807) is 0 Å². The summed E-state index contributed by atoms with van der Waals surface area (Å²) >= 11 is 0. The molecular formula is C15H24N3. The van der Waals surface area contributed by atoms with Gasteiger partial charge in [0.05, 0.1) is 0 Å². The van der Waals surface area contributed by atoms with E-state index in [-0.39, 0.29) is 0 Å². The molecular weight excluding hydrogens is 222 g/mol. The molecule has 0 aromatic heterocycles. The van der Waals surface area contributed by atoms with E-state index in [0.29, 0.717) is 0 Å². The molecule has 1 aliphatic rings. The van der Waals surface area contributed by atoms with Crippen LogP contribution < -0.4 is 10.6 Å². The maximum absolute atomic E-state index is 4.07. The maximum Gasteiger partial charge on any atom is 0.0205 e. The summed E-state index contributed by atoms with van der Waals surface area (Å²) in [7, 11) is 4.07. The average Bonchev–Trinajstić information content (AvgIpc) is 2.38. The lowest BCUT2D eigenvalue weighted by molar-refractivity contribution is 0.351. The summed E-state index contributed by atoms with van der Waals surface area (Å²) in [6.45, 7) is 6.21. The second kappa shape index (κ2) is 7.52. The molecule has 0 spiro atoms. The Kier molecular flexibility index (Phi) is 5.65. The van der Waals surface area contributed by atoms with Gasteiger partial charge in [0.2, 0.25) is 0 Å². The SMILES string of the molecule is [CH2]N1CCCNCc2cccc(c2)CNCCC1. The van der Waals surface area contributed by atoms with Crippen LogP contribution in [0.1, 0.15) is 24.0 Å². The molecule has 0 unspecified atom stereocenters. The zero-order chi connectivity index (χ0) is 12.6. The van der Waals surface area contributed by atoms with E-state index in [2.05, 4.69) is 46.8 Å². The van der Waals surface area contributed by atoms with Crippen LogP contribution in [0, 0.1) is 7.05 Å². The Labute approximate surface area is 111 Å². The van der Waals surface area contributed by atoms with Crippen LogP contribution in [0.15, 0.2) is 24.3 Å². The molecule has 0 fully saturated rings. The maximum atomic E-state index is 4.07. The zero-order valence-electron chi connectivity index (χ0n) is 11.1. The molecule has 1 heterocycles. The predicted molar refractivity (Wildman–Crippen MR) is 76.0 cm³/mol. The minimum absolute atomic E-state index is 0.963. The van der Waals surface area contributed by atoms with Crippen molar-refractivity contribution in [3.8, 4) is 0 Å². The minimum Gasteiger partial charge on any atom is -0.313 e. The highest BCUT2D eigenvalue weighted by Crippen LogP contribution is 2.05. The highest BCUT2D eigenvalue weighted by Gasteiger charge is 2.01. The number of rotatable bonds is 0. The van der Waals surface area contributed by atoms with E-state index in [9.17, 15) is 0 Å². The fourth-order valence-corrected chi connectivity index (χ4v) is 2.28. The summed E-state index contributed by atoms with van der Waals surface area (Å²) < 4.78 is 0. The first-order chi connectivity index (χ1) is 8.84. The van der Waals surface area contributed by atoms with Crippen LogP contribution in [-0.2, 0) is 13.1 Å². The molecule has 18 heavy (non-hydrogen) atoms. The summed E-state index contributed by atoms with van der Waals surface area (Å²) in [5.74, 6) is 0. The Morgan fingerprint density at radius 3 is 2.06 bits per heavy atom. The van der Waals surface area contributed by atoms with Crippen LogP contribution in [0.25, 0.3) is 0 Å². The van der Waals surface area contributed by atoms with Gasteiger partial charge in [0.1, 0.15) is 0 Å². The van der Waals surface area contributed by atoms with Gasteiger partial charge in [0.25, 0.3) is 0 Å². The molecule has 0 aliphatic carbocycles. The van der Waals surface area contributed by atoms with Gasteiger partial charge in [-0.1, -0.05) is 24.3 Å². The molecule has 1 aromatic rings. The Morgan fingerprint density at radius 2 is 1.50 bits per heavy atom. The summed E-state index contributed by atoms with van der Waals surface area (Å²) in [5.41, 5.74) is 2.75. The van der Waals surface area contributed by atoms with Gasteiger partial charge in [-0.3, -0.25) is 0 Å². The standard InChI is InChI=1S/C15H24N3/c1-18-9-3-7-16-12-14-5-2-6-15(11-14)13-17-8-4-10-18/h2,5-6,11,16-17H,1,3-4,7-10,12-13H2. The van der Waals surface area contributed by atoms with Gasteiger partial charge in [-0.05, 0) is 50.1 Å². The average molecular weight is 246 g/mol. The number of nitrogens with one attached hydrogen (secondary N) is 2. The topological polar surface area (TPSA) is 27.3 Å². The molecule has 0 saturated heterocycles. The largest absolute Gasteiger partial charge is 0.313 e.